The van der Waals surface area contributed by atoms with Gasteiger partial charge in [-0.05, 0) is 13.8 Å². The van der Waals surface area contributed by atoms with Crippen LogP contribution in [0.4, 0.5) is 0 Å². The van der Waals surface area contributed by atoms with Crippen molar-refractivity contribution in [2.45, 2.75) is 44.9 Å². The van der Waals surface area contributed by atoms with Crippen LogP contribution in [0.15, 0.2) is 0 Å². The average Bonchev–Trinajstić information content (AvgIpc) is 1.94. The van der Waals surface area contributed by atoms with Crippen molar-refractivity contribution in [2.75, 3.05) is 12.3 Å². The van der Waals surface area contributed by atoms with E-state index in [9.17, 15) is 4.79 Å². The van der Waals surface area contributed by atoms with Crippen molar-refractivity contribution >= 4 is 30.1 Å². The predicted octanol–water partition coefficient (Wildman–Crippen LogP) is 1.79. The molecular formula is C10H23ClN2OS. The second-order valence-corrected chi connectivity index (χ2v) is 6.97. The maximum Gasteiger partial charge on any atom is 0.230 e. The Balaban J connectivity index is 0. The smallest absolute Gasteiger partial charge is 0.230 e. The molecular weight excluding hydrogens is 232 g/mol. The SMILES string of the molecule is CC(C)(N)CNC(=O)CSC(C)(C)C.Cl. The lowest BCUT2D eigenvalue weighted by Crippen LogP contribution is -2.45. The van der Waals surface area contributed by atoms with E-state index in [0.717, 1.165) is 0 Å². The van der Waals surface area contributed by atoms with Gasteiger partial charge in [-0.2, -0.15) is 0 Å². The minimum atomic E-state index is -0.331. The Morgan fingerprint density at radius 1 is 1.27 bits per heavy atom. The molecule has 0 radical (unpaired) electrons. The fourth-order valence-corrected chi connectivity index (χ4v) is 1.33. The first-order valence-corrected chi connectivity index (χ1v) is 5.78. The molecule has 0 saturated heterocycles. The number of carbonyl (C=O) groups excluding carboxylic acids is 1. The van der Waals surface area contributed by atoms with Crippen molar-refractivity contribution < 1.29 is 4.79 Å². The van der Waals surface area contributed by atoms with Gasteiger partial charge in [0.1, 0.15) is 0 Å². The van der Waals surface area contributed by atoms with Crippen molar-refractivity contribution in [3.05, 3.63) is 0 Å². The van der Waals surface area contributed by atoms with E-state index in [1.165, 1.54) is 0 Å². The van der Waals surface area contributed by atoms with Crippen molar-refractivity contribution in [1.82, 2.24) is 5.32 Å². The molecule has 3 N–H and O–H groups in total. The summed E-state index contributed by atoms with van der Waals surface area (Å²) < 4.78 is 0.134. The number of amides is 1. The molecule has 1 amide bonds. The molecule has 0 aliphatic carbocycles. The van der Waals surface area contributed by atoms with Gasteiger partial charge in [-0.25, -0.2) is 0 Å². The number of hydrogen-bond donors (Lipinski definition) is 2. The molecule has 0 aliphatic rings. The first-order chi connectivity index (χ1) is 6.10. The van der Waals surface area contributed by atoms with Crippen molar-refractivity contribution in [3.63, 3.8) is 0 Å². The molecule has 0 aromatic carbocycles. The summed E-state index contributed by atoms with van der Waals surface area (Å²) >= 11 is 1.64. The highest BCUT2D eigenvalue weighted by Crippen LogP contribution is 2.22. The normalized spacial score (nSPS) is 11.9. The van der Waals surface area contributed by atoms with Crippen LogP contribution in [0, 0.1) is 0 Å². The van der Waals surface area contributed by atoms with Gasteiger partial charge < -0.3 is 11.1 Å². The predicted molar refractivity (Wildman–Crippen MR) is 70.7 cm³/mol. The summed E-state index contributed by atoms with van der Waals surface area (Å²) in [6.45, 7) is 10.6. The third kappa shape index (κ3) is 14.1. The maximum absolute atomic E-state index is 11.3. The van der Waals surface area contributed by atoms with Crippen LogP contribution in [0.5, 0.6) is 0 Å². The summed E-state index contributed by atoms with van der Waals surface area (Å²) in [5.41, 5.74) is 5.41. The summed E-state index contributed by atoms with van der Waals surface area (Å²) in [5.74, 6) is 0.558. The van der Waals surface area contributed by atoms with Crippen LogP contribution in [-0.4, -0.2) is 28.5 Å². The molecule has 0 heterocycles. The molecule has 0 unspecified atom stereocenters. The zero-order valence-electron chi connectivity index (χ0n) is 10.2. The van der Waals surface area contributed by atoms with Gasteiger partial charge in [-0.3, -0.25) is 4.79 Å². The highest BCUT2D eigenvalue weighted by atomic mass is 35.5. The van der Waals surface area contributed by atoms with E-state index in [-0.39, 0.29) is 28.6 Å². The van der Waals surface area contributed by atoms with Crippen LogP contribution < -0.4 is 11.1 Å². The number of halogens is 1. The summed E-state index contributed by atoms with van der Waals surface area (Å²) in [5, 5.41) is 2.81. The molecule has 0 fully saturated rings. The van der Waals surface area contributed by atoms with Gasteiger partial charge in [0.2, 0.25) is 5.91 Å². The maximum atomic E-state index is 11.3. The Bertz CT molecular complexity index is 177. The lowest BCUT2D eigenvalue weighted by molar-refractivity contribution is -0.118. The number of thioether (sulfide) groups is 1. The van der Waals surface area contributed by atoms with Crippen molar-refractivity contribution in [2.24, 2.45) is 5.73 Å². The lowest BCUT2D eigenvalue weighted by atomic mass is 10.1. The van der Waals surface area contributed by atoms with E-state index in [4.69, 9.17) is 5.73 Å². The number of nitrogens with two attached hydrogens (primary N) is 1. The Kier molecular flexibility index (Phi) is 7.69. The van der Waals surface area contributed by atoms with Crippen LogP contribution in [0.2, 0.25) is 0 Å². The van der Waals surface area contributed by atoms with Crippen molar-refractivity contribution in [3.8, 4) is 0 Å². The van der Waals surface area contributed by atoms with Crippen LogP contribution in [-0.2, 0) is 4.79 Å². The van der Waals surface area contributed by atoms with Gasteiger partial charge >= 0.3 is 0 Å². The quantitative estimate of drug-likeness (QED) is 0.804. The van der Waals surface area contributed by atoms with E-state index < -0.39 is 0 Å². The molecule has 0 atom stereocenters. The summed E-state index contributed by atoms with van der Waals surface area (Å²) in [4.78, 5) is 11.3. The first kappa shape index (κ1) is 17.5. The highest BCUT2D eigenvalue weighted by Gasteiger charge is 2.15. The van der Waals surface area contributed by atoms with Crippen LogP contribution in [0.1, 0.15) is 34.6 Å². The van der Waals surface area contributed by atoms with Gasteiger partial charge in [-0.1, -0.05) is 20.8 Å². The third-order valence-corrected chi connectivity index (χ3v) is 2.65. The van der Waals surface area contributed by atoms with E-state index in [0.29, 0.717) is 12.3 Å². The van der Waals surface area contributed by atoms with Gasteiger partial charge in [0.25, 0.3) is 0 Å². The average molecular weight is 255 g/mol. The van der Waals surface area contributed by atoms with Gasteiger partial charge in [0, 0.05) is 16.8 Å². The molecule has 0 saturated carbocycles. The lowest BCUT2D eigenvalue weighted by Gasteiger charge is -2.20. The standard InChI is InChI=1S/C10H22N2OS.ClH/c1-9(2,3)14-6-8(13)12-7-10(4,5)11;/h6-7,11H2,1-5H3,(H,12,13);1H. The molecule has 0 rings (SSSR count). The topological polar surface area (TPSA) is 55.1 Å². The molecule has 0 aliphatic heterocycles. The number of rotatable bonds is 4. The number of nitrogens with one attached hydrogen (secondary N) is 1. The molecule has 92 valence electrons. The molecule has 0 aromatic rings. The highest BCUT2D eigenvalue weighted by molar-refractivity contribution is 8.01. The van der Waals surface area contributed by atoms with Crippen molar-refractivity contribution in [1.29, 1.82) is 0 Å². The second-order valence-electron chi connectivity index (χ2n) is 5.17. The Hall–Kier alpha value is 0.0700. The van der Waals surface area contributed by atoms with Gasteiger partial charge in [-0.15, -0.1) is 24.2 Å². The van der Waals surface area contributed by atoms with E-state index >= 15 is 0 Å². The van der Waals surface area contributed by atoms with Gasteiger partial charge in [0.15, 0.2) is 0 Å². The number of hydrogen-bond acceptors (Lipinski definition) is 3. The Morgan fingerprint density at radius 2 is 1.73 bits per heavy atom. The molecule has 0 bridgehead atoms. The molecule has 0 aromatic heterocycles. The minimum absolute atomic E-state index is 0. The zero-order chi connectivity index (χ0) is 11.4. The monoisotopic (exact) mass is 254 g/mol. The Morgan fingerprint density at radius 3 is 2.07 bits per heavy atom. The van der Waals surface area contributed by atoms with E-state index in [1.807, 2.05) is 13.8 Å². The minimum Gasteiger partial charge on any atom is -0.354 e. The van der Waals surface area contributed by atoms with Crippen LogP contribution in [0.3, 0.4) is 0 Å². The Labute approximate surface area is 103 Å². The molecule has 3 nitrogen and oxygen atoms in total. The van der Waals surface area contributed by atoms with E-state index in [2.05, 4.69) is 26.1 Å². The summed E-state index contributed by atoms with van der Waals surface area (Å²) in [7, 11) is 0. The largest absolute Gasteiger partial charge is 0.354 e. The molecule has 0 spiro atoms. The first-order valence-electron chi connectivity index (χ1n) is 4.80. The fourth-order valence-electron chi connectivity index (χ4n) is 0.659. The second kappa shape index (κ2) is 6.61. The fraction of sp³-hybridized carbons (Fsp3) is 0.900. The van der Waals surface area contributed by atoms with Gasteiger partial charge in [0.05, 0.1) is 5.75 Å². The molecule has 15 heavy (non-hydrogen) atoms. The summed E-state index contributed by atoms with van der Waals surface area (Å²) in [6.07, 6.45) is 0. The number of carbonyl (C=O) groups is 1. The summed E-state index contributed by atoms with van der Waals surface area (Å²) in [6, 6.07) is 0. The third-order valence-electron chi connectivity index (χ3n) is 1.38. The van der Waals surface area contributed by atoms with Crippen LogP contribution in [0.25, 0.3) is 0 Å². The zero-order valence-corrected chi connectivity index (χ0v) is 11.8. The molecule has 5 heteroatoms. The van der Waals surface area contributed by atoms with E-state index in [1.54, 1.807) is 11.8 Å². The van der Waals surface area contributed by atoms with Crippen LogP contribution >= 0.6 is 24.2 Å².